The number of hydrogen-bond donors (Lipinski definition) is 3. The maximum Gasteiger partial charge on any atom is 0.276 e. The van der Waals surface area contributed by atoms with E-state index in [1.165, 1.54) is 18.2 Å². The predicted molar refractivity (Wildman–Crippen MR) is 106 cm³/mol. The number of rotatable bonds is 7. The summed E-state index contributed by atoms with van der Waals surface area (Å²) in [7, 11) is 0. The average molecular weight is 491 g/mol. The van der Waals surface area contributed by atoms with Crippen molar-refractivity contribution >= 4 is 51.5 Å². The van der Waals surface area contributed by atoms with Gasteiger partial charge in [-0.05, 0) is 77.7 Å². The van der Waals surface area contributed by atoms with E-state index in [1.54, 1.807) is 12.1 Å². The molecular formula is C18H17ClFIN2O3. The van der Waals surface area contributed by atoms with Crippen molar-refractivity contribution in [2.45, 2.75) is 18.9 Å². The summed E-state index contributed by atoms with van der Waals surface area (Å²) in [5.41, 5.74) is 3.37. The fourth-order valence-electron chi connectivity index (χ4n) is 2.49. The molecule has 1 fully saturated rings. The number of hydrogen-bond acceptors (Lipinski definition) is 4. The molecule has 2 aromatic rings. The van der Waals surface area contributed by atoms with Crippen LogP contribution < -0.4 is 10.8 Å². The van der Waals surface area contributed by atoms with Gasteiger partial charge in [-0.2, -0.15) is 0 Å². The first-order valence-corrected chi connectivity index (χ1v) is 9.52. The fourth-order valence-corrected chi connectivity index (χ4v) is 3.39. The van der Waals surface area contributed by atoms with Crippen LogP contribution in [0, 0.1) is 15.3 Å². The summed E-state index contributed by atoms with van der Waals surface area (Å²) in [6, 6.07) is 9.13. The average Bonchev–Trinajstić information content (AvgIpc) is 3.43. The summed E-state index contributed by atoms with van der Waals surface area (Å²) in [5.74, 6) is -0.761. The van der Waals surface area contributed by atoms with Crippen molar-refractivity contribution in [2.75, 3.05) is 11.9 Å². The fraction of sp³-hybridized carbons (Fsp3) is 0.278. The largest absolute Gasteiger partial charge is 0.394 e. The van der Waals surface area contributed by atoms with Crippen LogP contribution >= 0.6 is 34.2 Å². The quantitative estimate of drug-likeness (QED) is 0.401. The highest BCUT2D eigenvalue weighted by molar-refractivity contribution is 14.1. The maximum atomic E-state index is 13.7. The van der Waals surface area contributed by atoms with Gasteiger partial charge < -0.3 is 10.4 Å². The van der Waals surface area contributed by atoms with E-state index in [-0.39, 0.29) is 23.8 Å². The number of carbonyl (C=O) groups excluding carboxylic acids is 1. The zero-order chi connectivity index (χ0) is 18.7. The summed E-state index contributed by atoms with van der Waals surface area (Å²) in [5, 5.41) is 12.7. The highest BCUT2D eigenvalue weighted by Gasteiger charge is 2.32. The molecule has 1 saturated carbocycles. The second-order valence-corrected chi connectivity index (χ2v) is 7.70. The molecule has 1 unspecified atom stereocenters. The number of aliphatic hydroxyl groups is 1. The molecule has 0 heterocycles. The van der Waals surface area contributed by atoms with Gasteiger partial charge in [0.2, 0.25) is 0 Å². The van der Waals surface area contributed by atoms with Gasteiger partial charge in [-0.3, -0.25) is 9.63 Å². The van der Waals surface area contributed by atoms with Crippen LogP contribution in [0.1, 0.15) is 23.2 Å². The summed E-state index contributed by atoms with van der Waals surface area (Å²) in [4.78, 5) is 17.8. The Morgan fingerprint density at radius 2 is 2.08 bits per heavy atom. The second-order valence-electron chi connectivity index (χ2n) is 6.05. The molecule has 0 spiro atoms. The SMILES string of the molecule is O=C(NOC(CO)C1CC1)c1ccc(F)cc1Nc1ccc(I)cc1Cl. The van der Waals surface area contributed by atoms with Crippen LogP contribution in [0.25, 0.3) is 0 Å². The molecule has 138 valence electrons. The first kappa shape index (κ1) is 19.3. The zero-order valence-corrected chi connectivity index (χ0v) is 16.6. The van der Waals surface area contributed by atoms with Gasteiger partial charge in [0, 0.05) is 3.57 Å². The Labute approximate surface area is 169 Å². The molecule has 5 nitrogen and oxygen atoms in total. The van der Waals surface area contributed by atoms with Crippen LogP contribution in [0.4, 0.5) is 15.8 Å². The van der Waals surface area contributed by atoms with Crippen LogP contribution in [0.15, 0.2) is 36.4 Å². The number of hydroxylamine groups is 1. The molecule has 0 radical (unpaired) electrons. The van der Waals surface area contributed by atoms with Gasteiger partial charge in [0.25, 0.3) is 5.91 Å². The number of nitrogens with one attached hydrogen (secondary N) is 2. The van der Waals surface area contributed by atoms with E-state index in [1.807, 2.05) is 6.07 Å². The Morgan fingerprint density at radius 3 is 2.73 bits per heavy atom. The van der Waals surface area contributed by atoms with Crippen LogP contribution in [0.3, 0.4) is 0 Å². The van der Waals surface area contributed by atoms with Gasteiger partial charge in [0.15, 0.2) is 0 Å². The minimum atomic E-state index is -0.534. The van der Waals surface area contributed by atoms with E-state index < -0.39 is 17.8 Å². The molecule has 1 aliphatic rings. The van der Waals surface area contributed by atoms with Gasteiger partial charge in [-0.25, -0.2) is 9.87 Å². The summed E-state index contributed by atoms with van der Waals surface area (Å²) in [6.45, 7) is -0.169. The van der Waals surface area contributed by atoms with E-state index >= 15 is 0 Å². The summed E-state index contributed by atoms with van der Waals surface area (Å²) in [6.07, 6.45) is 1.51. The van der Waals surface area contributed by atoms with E-state index in [0.717, 1.165) is 16.4 Å². The molecule has 0 aliphatic heterocycles. The predicted octanol–water partition coefficient (Wildman–Crippen LogP) is 4.26. The van der Waals surface area contributed by atoms with Crippen LogP contribution in [-0.4, -0.2) is 23.7 Å². The zero-order valence-electron chi connectivity index (χ0n) is 13.6. The number of halogens is 3. The second kappa shape index (κ2) is 8.51. The normalized spacial score (nSPS) is 14.8. The van der Waals surface area contributed by atoms with E-state index in [2.05, 4.69) is 33.4 Å². The third kappa shape index (κ3) is 4.85. The van der Waals surface area contributed by atoms with Crippen molar-refractivity contribution in [1.29, 1.82) is 0 Å². The van der Waals surface area contributed by atoms with Gasteiger partial charge in [0.05, 0.1) is 28.6 Å². The lowest BCUT2D eigenvalue weighted by Gasteiger charge is -2.17. The number of amides is 1. The van der Waals surface area contributed by atoms with E-state index in [4.69, 9.17) is 16.4 Å². The first-order valence-electron chi connectivity index (χ1n) is 8.06. The van der Waals surface area contributed by atoms with Crippen molar-refractivity contribution in [3.63, 3.8) is 0 Å². The van der Waals surface area contributed by atoms with Crippen molar-refractivity contribution < 1.29 is 19.1 Å². The lowest BCUT2D eigenvalue weighted by molar-refractivity contribution is -0.0496. The van der Waals surface area contributed by atoms with Gasteiger partial charge in [-0.15, -0.1) is 0 Å². The Kier molecular flexibility index (Phi) is 6.33. The molecule has 0 aromatic heterocycles. The standard InChI is InChI=1S/C18H17ClFIN2O3/c19-14-8-12(21)4-6-15(14)22-16-7-11(20)3-5-13(16)18(25)23-26-17(9-24)10-1-2-10/h3-8,10,17,22,24H,1-2,9H2,(H,23,25). The number of aliphatic hydroxyl groups excluding tert-OH is 1. The van der Waals surface area contributed by atoms with Gasteiger partial charge in [-0.1, -0.05) is 11.6 Å². The van der Waals surface area contributed by atoms with Gasteiger partial charge in [0.1, 0.15) is 11.9 Å². The van der Waals surface area contributed by atoms with Crippen LogP contribution in [-0.2, 0) is 4.84 Å². The minimum Gasteiger partial charge on any atom is -0.394 e. The Morgan fingerprint density at radius 1 is 1.31 bits per heavy atom. The van der Waals surface area contributed by atoms with Crippen LogP contribution in [0.2, 0.25) is 5.02 Å². The molecule has 2 aromatic carbocycles. The molecule has 8 heteroatoms. The number of benzene rings is 2. The lowest BCUT2D eigenvalue weighted by atomic mass is 10.1. The molecule has 1 atom stereocenters. The molecule has 0 saturated heterocycles. The maximum absolute atomic E-state index is 13.7. The molecule has 26 heavy (non-hydrogen) atoms. The number of anilines is 2. The topological polar surface area (TPSA) is 70.6 Å². The Bertz CT molecular complexity index is 817. The van der Waals surface area contributed by atoms with Gasteiger partial charge >= 0.3 is 0 Å². The van der Waals surface area contributed by atoms with Crippen molar-refractivity contribution in [3.8, 4) is 0 Å². The van der Waals surface area contributed by atoms with E-state index in [9.17, 15) is 14.3 Å². The summed E-state index contributed by atoms with van der Waals surface area (Å²) >= 11 is 8.33. The van der Waals surface area contributed by atoms with Crippen LogP contribution in [0.5, 0.6) is 0 Å². The van der Waals surface area contributed by atoms with Crippen molar-refractivity contribution in [3.05, 3.63) is 56.4 Å². The highest BCUT2D eigenvalue weighted by Crippen LogP contribution is 2.34. The molecule has 1 aliphatic carbocycles. The minimum absolute atomic E-state index is 0.169. The molecular weight excluding hydrogens is 474 g/mol. The monoisotopic (exact) mass is 490 g/mol. The smallest absolute Gasteiger partial charge is 0.276 e. The lowest BCUT2D eigenvalue weighted by Crippen LogP contribution is -2.33. The third-order valence-corrected chi connectivity index (χ3v) is 5.04. The Hall–Kier alpha value is -1.42. The number of carbonyl (C=O) groups is 1. The Balaban J connectivity index is 1.77. The van der Waals surface area contributed by atoms with E-state index in [0.29, 0.717) is 10.7 Å². The molecule has 1 amide bonds. The van der Waals surface area contributed by atoms with Crippen molar-refractivity contribution in [1.82, 2.24) is 5.48 Å². The molecule has 3 rings (SSSR count). The highest BCUT2D eigenvalue weighted by atomic mass is 127. The first-order chi connectivity index (χ1) is 12.5. The summed E-state index contributed by atoms with van der Waals surface area (Å²) < 4.78 is 14.6. The van der Waals surface area contributed by atoms with Crippen molar-refractivity contribution in [2.24, 2.45) is 5.92 Å². The molecule has 3 N–H and O–H groups in total. The molecule has 0 bridgehead atoms. The third-order valence-electron chi connectivity index (χ3n) is 4.06.